The summed E-state index contributed by atoms with van der Waals surface area (Å²) in [7, 11) is -3.82. The first-order valence-electron chi connectivity index (χ1n) is 15.3. The summed E-state index contributed by atoms with van der Waals surface area (Å²) < 4.78 is 30.2. The maximum atomic E-state index is 14.2. The van der Waals surface area contributed by atoms with Gasteiger partial charge in [0.25, 0.3) is 21.5 Å². The molecule has 2 N–H and O–H groups in total. The number of benzene rings is 5. The van der Waals surface area contributed by atoms with E-state index in [2.05, 4.69) is 41.6 Å². The minimum absolute atomic E-state index is 0.139. The molecule has 1 aromatic heterocycles. The normalized spacial score (nSPS) is 14.6. The topological polar surface area (TPSA) is 112 Å². The minimum atomic E-state index is -3.82. The van der Waals surface area contributed by atoms with Crippen molar-refractivity contribution in [1.82, 2.24) is 9.99 Å². The number of fused-ring (bicyclic) bond motifs is 1. The number of carbonyl (C=O) groups is 1. The number of aromatic nitrogens is 1. The minimum Gasteiger partial charge on any atom is -0.321 e. The Balaban J connectivity index is 1.29. The molecule has 0 aliphatic carbocycles. The summed E-state index contributed by atoms with van der Waals surface area (Å²) >= 11 is 7.08. The van der Waals surface area contributed by atoms with Gasteiger partial charge in [-0.05, 0) is 84.8 Å². The van der Waals surface area contributed by atoms with E-state index in [1.165, 1.54) is 5.01 Å². The van der Waals surface area contributed by atoms with E-state index in [0.29, 0.717) is 34.5 Å². The third-order valence-corrected chi connectivity index (χ3v) is 10.8. The maximum Gasteiger partial charge on any atom is 0.274 e. The number of aryl methyl sites for hydroxylation is 1. The van der Waals surface area contributed by atoms with Gasteiger partial charge >= 0.3 is 0 Å². The average Bonchev–Trinajstić information content (AvgIpc) is 3.53. The molecular formula is C38H28Br2N4O4S. The van der Waals surface area contributed by atoms with Crippen molar-refractivity contribution in [2.45, 2.75) is 24.3 Å². The van der Waals surface area contributed by atoms with Gasteiger partial charge in [0, 0.05) is 43.1 Å². The van der Waals surface area contributed by atoms with Crippen LogP contribution in [0.25, 0.3) is 22.0 Å². The molecule has 244 valence electrons. The van der Waals surface area contributed by atoms with Crippen LogP contribution in [-0.4, -0.2) is 30.0 Å². The molecular weight excluding hydrogens is 768 g/mol. The zero-order valence-corrected chi connectivity index (χ0v) is 30.0. The molecule has 8 nitrogen and oxygen atoms in total. The zero-order chi connectivity index (χ0) is 34.3. The number of anilines is 1. The van der Waals surface area contributed by atoms with Crippen LogP contribution in [0, 0.1) is 6.92 Å². The van der Waals surface area contributed by atoms with E-state index in [4.69, 9.17) is 5.10 Å². The Morgan fingerprint density at radius 3 is 2.20 bits per heavy atom. The van der Waals surface area contributed by atoms with Crippen LogP contribution in [0.4, 0.5) is 5.69 Å². The van der Waals surface area contributed by atoms with Gasteiger partial charge in [-0.25, -0.2) is 13.4 Å². The Morgan fingerprint density at radius 2 is 1.51 bits per heavy atom. The molecule has 0 unspecified atom stereocenters. The summed E-state index contributed by atoms with van der Waals surface area (Å²) in [6.07, 6.45) is 0.296. The predicted molar refractivity (Wildman–Crippen MR) is 200 cm³/mol. The number of H-pyrrole nitrogens is 1. The average molecular weight is 797 g/mol. The van der Waals surface area contributed by atoms with E-state index in [0.717, 1.165) is 36.6 Å². The van der Waals surface area contributed by atoms with Crippen molar-refractivity contribution in [2.75, 3.05) is 4.72 Å². The smallest absolute Gasteiger partial charge is 0.274 e. The lowest BCUT2D eigenvalue weighted by Crippen LogP contribution is -2.27. The molecule has 1 atom stereocenters. The molecule has 0 saturated carbocycles. The number of amides is 1. The first kappa shape index (κ1) is 32.7. The number of hydrazone groups is 1. The number of nitrogens with one attached hydrogen (secondary N) is 2. The maximum absolute atomic E-state index is 14.2. The molecule has 1 aliphatic heterocycles. The standard InChI is InChI=1S/C38H28Br2N4O4S/c1-23-7-18-30(19-8-23)49(47,48)43-29-16-11-26(12-17-29)38(46)44-34(24-9-13-27(39)14-10-24)22-33(42-44)36-35(25-5-3-2-4-6-25)31-21-28(40)15-20-32(31)41-37(36)45/h2-21,34,43H,22H2,1H3,(H,41,45)/t34-/m1/s1. The van der Waals surface area contributed by atoms with Gasteiger partial charge in [-0.15, -0.1) is 0 Å². The van der Waals surface area contributed by atoms with E-state index in [1.54, 1.807) is 48.5 Å². The second-order valence-electron chi connectivity index (χ2n) is 11.7. The molecule has 0 bridgehead atoms. The largest absolute Gasteiger partial charge is 0.321 e. The molecule has 49 heavy (non-hydrogen) atoms. The Kier molecular flexibility index (Phi) is 8.82. The first-order valence-corrected chi connectivity index (χ1v) is 18.4. The van der Waals surface area contributed by atoms with E-state index >= 15 is 0 Å². The third-order valence-electron chi connectivity index (χ3n) is 8.42. The second kappa shape index (κ2) is 13.2. The Hall–Kier alpha value is -4.84. The molecule has 6 aromatic rings. The number of hydrogen-bond acceptors (Lipinski definition) is 5. The molecule has 0 spiro atoms. The quantitative estimate of drug-likeness (QED) is 0.168. The first-order chi connectivity index (χ1) is 23.6. The monoisotopic (exact) mass is 794 g/mol. The molecule has 5 aromatic carbocycles. The molecule has 0 fully saturated rings. The molecule has 0 saturated heterocycles. The van der Waals surface area contributed by atoms with Crippen molar-refractivity contribution >= 4 is 70.1 Å². The number of nitrogens with zero attached hydrogens (tertiary/aromatic N) is 2. The predicted octanol–water partition coefficient (Wildman–Crippen LogP) is 8.82. The molecule has 1 amide bonds. The fourth-order valence-electron chi connectivity index (χ4n) is 5.98. The van der Waals surface area contributed by atoms with E-state index in [9.17, 15) is 18.0 Å². The Morgan fingerprint density at radius 1 is 0.837 bits per heavy atom. The number of pyridine rings is 1. The molecule has 7 rings (SSSR count). The number of hydrogen-bond donors (Lipinski definition) is 2. The van der Waals surface area contributed by atoms with Crippen LogP contribution >= 0.6 is 31.9 Å². The summed E-state index contributed by atoms with van der Waals surface area (Å²) in [5.41, 5.74) is 5.26. The number of sulfonamides is 1. The molecule has 11 heteroatoms. The molecule has 0 radical (unpaired) electrons. The fraction of sp³-hybridized carbons (Fsp3) is 0.0789. The van der Waals surface area contributed by atoms with Gasteiger partial charge in [-0.3, -0.25) is 14.3 Å². The van der Waals surface area contributed by atoms with Gasteiger partial charge in [-0.1, -0.05) is 92.0 Å². The zero-order valence-electron chi connectivity index (χ0n) is 26.0. The highest BCUT2D eigenvalue weighted by Crippen LogP contribution is 2.38. The van der Waals surface area contributed by atoms with Crippen molar-refractivity contribution in [3.8, 4) is 11.1 Å². The highest BCUT2D eigenvalue weighted by atomic mass is 79.9. The fourth-order valence-corrected chi connectivity index (χ4v) is 7.67. The number of halogens is 2. The molecule has 1 aliphatic rings. The highest BCUT2D eigenvalue weighted by Gasteiger charge is 2.36. The summed E-state index contributed by atoms with van der Waals surface area (Å²) in [6.45, 7) is 1.88. The summed E-state index contributed by atoms with van der Waals surface area (Å²) in [5, 5.41) is 7.12. The van der Waals surface area contributed by atoms with Gasteiger partial charge in [0.15, 0.2) is 0 Å². The lowest BCUT2D eigenvalue weighted by Gasteiger charge is -2.22. The van der Waals surface area contributed by atoms with Crippen LogP contribution in [0.1, 0.15) is 39.5 Å². The summed E-state index contributed by atoms with van der Waals surface area (Å²) in [6, 6.07) is 35.3. The van der Waals surface area contributed by atoms with Gasteiger partial charge in [0.1, 0.15) is 0 Å². The van der Waals surface area contributed by atoms with Crippen LogP contribution < -0.4 is 10.3 Å². The summed E-state index contributed by atoms with van der Waals surface area (Å²) in [4.78, 5) is 31.3. The van der Waals surface area contributed by atoms with E-state index < -0.39 is 22.0 Å². The number of aromatic amines is 1. The Bertz CT molecular complexity index is 2410. The lowest BCUT2D eigenvalue weighted by atomic mass is 9.91. The van der Waals surface area contributed by atoms with E-state index in [-0.39, 0.29) is 10.5 Å². The summed E-state index contributed by atoms with van der Waals surface area (Å²) in [5.74, 6) is -0.392. The molecule has 2 heterocycles. The van der Waals surface area contributed by atoms with Crippen molar-refractivity contribution in [2.24, 2.45) is 5.10 Å². The van der Waals surface area contributed by atoms with Crippen LogP contribution in [0.2, 0.25) is 0 Å². The van der Waals surface area contributed by atoms with Crippen molar-refractivity contribution < 1.29 is 13.2 Å². The van der Waals surface area contributed by atoms with Crippen molar-refractivity contribution in [1.29, 1.82) is 0 Å². The van der Waals surface area contributed by atoms with Crippen molar-refractivity contribution in [3.05, 3.63) is 163 Å². The number of carbonyl (C=O) groups excluding carboxylic acids is 1. The van der Waals surface area contributed by atoms with Crippen LogP contribution in [0.5, 0.6) is 0 Å². The van der Waals surface area contributed by atoms with E-state index in [1.807, 2.05) is 79.7 Å². The SMILES string of the molecule is Cc1ccc(S(=O)(=O)Nc2ccc(C(=O)N3N=C(c4c(-c5ccccc5)c5cc(Br)ccc5[nH]c4=O)C[C@@H]3c3ccc(Br)cc3)cc2)cc1. The Labute approximate surface area is 299 Å². The second-order valence-corrected chi connectivity index (χ2v) is 15.2. The van der Waals surface area contributed by atoms with Crippen LogP contribution in [-0.2, 0) is 10.0 Å². The van der Waals surface area contributed by atoms with Gasteiger partial charge in [0.05, 0.1) is 22.2 Å². The highest BCUT2D eigenvalue weighted by molar-refractivity contribution is 9.10. The van der Waals surface area contributed by atoms with Crippen LogP contribution in [0.15, 0.2) is 145 Å². The van der Waals surface area contributed by atoms with Gasteiger partial charge in [-0.2, -0.15) is 5.10 Å². The van der Waals surface area contributed by atoms with Crippen molar-refractivity contribution in [3.63, 3.8) is 0 Å². The lowest BCUT2D eigenvalue weighted by molar-refractivity contribution is 0.0711. The van der Waals surface area contributed by atoms with Crippen LogP contribution in [0.3, 0.4) is 0 Å². The number of rotatable bonds is 7. The third kappa shape index (κ3) is 6.61. The van der Waals surface area contributed by atoms with Gasteiger partial charge < -0.3 is 4.98 Å². The van der Waals surface area contributed by atoms with Gasteiger partial charge in [0.2, 0.25) is 0 Å².